The maximum absolute atomic E-state index is 6.28. The Morgan fingerprint density at radius 3 is 2.81 bits per heavy atom. The molecule has 3 nitrogen and oxygen atoms in total. The van der Waals surface area contributed by atoms with E-state index in [1.165, 1.54) is 36.9 Å². The SMILES string of the molecule is Cc1ccccc1N1C(N)=NCC12CCCC(C(C)C)C2. The van der Waals surface area contributed by atoms with Crippen molar-refractivity contribution in [2.45, 2.75) is 52.0 Å². The molecule has 2 unspecified atom stereocenters. The Kier molecular flexibility index (Phi) is 3.68. The molecule has 0 aromatic heterocycles. The largest absolute Gasteiger partial charge is 0.369 e. The van der Waals surface area contributed by atoms with Crippen molar-refractivity contribution in [3.63, 3.8) is 0 Å². The third kappa shape index (κ3) is 2.43. The summed E-state index contributed by atoms with van der Waals surface area (Å²) in [6.07, 6.45) is 5.05. The summed E-state index contributed by atoms with van der Waals surface area (Å²) >= 11 is 0. The van der Waals surface area contributed by atoms with E-state index in [2.05, 4.69) is 54.9 Å². The summed E-state index contributed by atoms with van der Waals surface area (Å²) in [4.78, 5) is 6.97. The maximum atomic E-state index is 6.28. The average Bonchev–Trinajstić information content (AvgIpc) is 2.76. The molecular weight excluding hydrogens is 258 g/mol. The molecule has 1 aliphatic carbocycles. The molecule has 21 heavy (non-hydrogen) atoms. The Morgan fingerprint density at radius 2 is 2.10 bits per heavy atom. The average molecular weight is 285 g/mol. The number of hydrogen-bond donors (Lipinski definition) is 1. The Hall–Kier alpha value is -1.51. The molecule has 1 aromatic carbocycles. The molecule has 0 radical (unpaired) electrons. The molecule has 0 saturated heterocycles. The summed E-state index contributed by atoms with van der Waals surface area (Å²) in [6, 6.07) is 8.54. The maximum Gasteiger partial charge on any atom is 0.196 e. The van der Waals surface area contributed by atoms with Crippen LogP contribution in [0.1, 0.15) is 45.1 Å². The number of guanidine groups is 1. The topological polar surface area (TPSA) is 41.6 Å². The quantitative estimate of drug-likeness (QED) is 0.900. The number of benzene rings is 1. The van der Waals surface area contributed by atoms with Crippen LogP contribution >= 0.6 is 0 Å². The van der Waals surface area contributed by atoms with Gasteiger partial charge in [-0.3, -0.25) is 4.99 Å². The lowest BCUT2D eigenvalue weighted by Gasteiger charge is -2.46. The van der Waals surface area contributed by atoms with Gasteiger partial charge in [0, 0.05) is 5.69 Å². The summed E-state index contributed by atoms with van der Waals surface area (Å²) in [5.74, 6) is 2.22. The number of nitrogens with two attached hydrogens (primary N) is 1. The van der Waals surface area contributed by atoms with Gasteiger partial charge in [0.2, 0.25) is 0 Å². The van der Waals surface area contributed by atoms with Crippen molar-refractivity contribution >= 4 is 11.6 Å². The number of rotatable bonds is 2. The van der Waals surface area contributed by atoms with E-state index in [1.54, 1.807) is 0 Å². The van der Waals surface area contributed by atoms with Crippen LogP contribution in [0.3, 0.4) is 0 Å². The van der Waals surface area contributed by atoms with Gasteiger partial charge < -0.3 is 10.6 Å². The monoisotopic (exact) mass is 285 g/mol. The molecule has 3 heteroatoms. The van der Waals surface area contributed by atoms with Gasteiger partial charge in [-0.25, -0.2) is 0 Å². The van der Waals surface area contributed by atoms with E-state index in [-0.39, 0.29) is 5.54 Å². The van der Waals surface area contributed by atoms with E-state index >= 15 is 0 Å². The van der Waals surface area contributed by atoms with E-state index in [9.17, 15) is 0 Å². The highest BCUT2D eigenvalue weighted by Crippen LogP contribution is 2.44. The molecule has 1 heterocycles. The zero-order chi connectivity index (χ0) is 15.0. The first-order valence-electron chi connectivity index (χ1n) is 8.19. The van der Waals surface area contributed by atoms with E-state index in [0.717, 1.165) is 18.4 Å². The van der Waals surface area contributed by atoms with Crippen LogP contribution in [0.15, 0.2) is 29.3 Å². The fraction of sp³-hybridized carbons (Fsp3) is 0.611. The van der Waals surface area contributed by atoms with Crippen LogP contribution in [0.2, 0.25) is 0 Å². The summed E-state index contributed by atoms with van der Waals surface area (Å²) in [5, 5.41) is 0. The van der Waals surface area contributed by atoms with E-state index in [4.69, 9.17) is 5.73 Å². The Balaban J connectivity index is 1.97. The van der Waals surface area contributed by atoms with Gasteiger partial charge in [-0.05, 0) is 43.2 Å². The van der Waals surface area contributed by atoms with Crippen molar-refractivity contribution in [1.82, 2.24) is 0 Å². The molecule has 1 saturated carbocycles. The van der Waals surface area contributed by atoms with E-state index in [1.807, 2.05) is 0 Å². The van der Waals surface area contributed by atoms with Crippen molar-refractivity contribution in [2.75, 3.05) is 11.4 Å². The summed E-state index contributed by atoms with van der Waals surface area (Å²) in [7, 11) is 0. The molecule has 2 N–H and O–H groups in total. The van der Waals surface area contributed by atoms with Gasteiger partial charge in [0.05, 0.1) is 12.1 Å². The fourth-order valence-electron chi connectivity index (χ4n) is 4.11. The van der Waals surface area contributed by atoms with E-state index in [0.29, 0.717) is 5.96 Å². The van der Waals surface area contributed by atoms with Crippen LogP contribution in [0.5, 0.6) is 0 Å². The smallest absolute Gasteiger partial charge is 0.196 e. The number of nitrogens with zero attached hydrogens (tertiary/aromatic N) is 2. The van der Waals surface area contributed by atoms with Gasteiger partial charge >= 0.3 is 0 Å². The van der Waals surface area contributed by atoms with Gasteiger partial charge in [0.1, 0.15) is 0 Å². The summed E-state index contributed by atoms with van der Waals surface area (Å²) in [5.41, 5.74) is 8.92. The molecule has 0 amide bonds. The number of anilines is 1. The lowest BCUT2D eigenvalue weighted by molar-refractivity contribution is 0.195. The number of para-hydroxylation sites is 1. The Bertz CT molecular complexity index is 549. The minimum Gasteiger partial charge on any atom is -0.369 e. The van der Waals surface area contributed by atoms with Crippen molar-refractivity contribution < 1.29 is 0 Å². The zero-order valence-corrected chi connectivity index (χ0v) is 13.5. The van der Waals surface area contributed by atoms with Crippen molar-refractivity contribution in [3.05, 3.63) is 29.8 Å². The summed E-state index contributed by atoms with van der Waals surface area (Å²) in [6.45, 7) is 7.72. The molecule has 2 atom stereocenters. The minimum absolute atomic E-state index is 0.114. The Labute approximate surface area is 128 Å². The molecule has 3 rings (SSSR count). The predicted octanol–water partition coefficient (Wildman–Crippen LogP) is 3.71. The van der Waals surface area contributed by atoms with Crippen LogP contribution in [-0.4, -0.2) is 18.0 Å². The standard InChI is InChI=1S/C18H27N3/c1-13(2)15-8-6-10-18(11-15)12-20-17(19)21(18)16-9-5-4-7-14(16)3/h4-5,7,9,13,15H,6,8,10-12H2,1-3H3,(H2,19,20). The highest BCUT2D eigenvalue weighted by Gasteiger charge is 2.46. The first kappa shape index (κ1) is 14.4. The minimum atomic E-state index is 0.114. The number of hydrogen-bond acceptors (Lipinski definition) is 3. The van der Waals surface area contributed by atoms with Crippen LogP contribution in [0.4, 0.5) is 5.69 Å². The fourth-order valence-corrected chi connectivity index (χ4v) is 4.11. The highest BCUT2D eigenvalue weighted by molar-refractivity contribution is 5.99. The van der Waals surface area contributed by atoms with Gasteiger partial charge in [-0.2, -0.15) is 0 Å². The van der Waals surface area contributed by atoms with Gasteiger partial charge in [0.25, 0.3) is 0 Å². The summed E-state index contributed by atoms with van der Waals surface area (Å²) < 4.78 is 0. The van der Waals surface area contributed by atoms with Crippen molar-refractivity contribution in [1.29, 1.82) is 0 Å². The first-order chi connectivity index (χ1) is 10.0. The molecule has 1 spiro atoms. The van der Waals surface area contributed by atoms with Crippen LogP contribution in [0, 0.1) is 18.8 Å². The highest BCUT2D eigenvalue weighted by atomic mass is 15.4. The first-order valence-corrected chi connectivity index (χ1v) is 8.19. The van der Waals surface area contributed by atoms with Crippen LogP contribution < -0.4 is 10.6 Å². The van der Waals surface area contributed by atoms with Crippen molar-refractivity contribution in [3.8, 4) is 0 Å². The molecule has 1 aliphatic heterocycles. The molecule has 114 valence electrons. The van der Waals surface area contributed by atoms with Gasteiger partial charge in [-0.15, -0.1) is 0 Å². The van der Waals surface area contributed by atoms with Crippen LogP contribution in [-0.2, 0) is 0 Å². The predicted molar refractivity (Wildman–Crippen MR) is 89.7 cm³/mol. The molecule has 0 bridgehead atoms. The number of aryl methyl sites for hydroxylation is 1. The molecular formula is C18H27N3. The lowest BCUT2D eigenvalue weighted by Crippen LogP contribution is -2.55. The molecule has 1 fully saturated rings. The molecule has 2 aliphatic rings. The zero-order valence-electron chi connectivity index (χ0n) is 13.5. The number of aliphatic imine (C=N–C) groups is 1. The second-order valence-corrected chi connectivity index (χ2v) is 7.12. The third-order valence-electron chi connectivity index (χ3n) is 5.40. The third-order valence-corrected chi connectivity index (χ3v) is 5.40. The van der Waals surface area contributed by atoms with Gasteiger partial charge in [0.15, 0.2) is 5.96 Å². The second kappa shape index (κ2) is 5.36. The van der Waals surface area contributed by atoms with E-state index < -0.39 is 0 Å². The Morgan fingerprint density at radius 1 is 1.33 bits per heavy atom. The van der Waals surface area contributed by atoms with Crippen LogP contribution in [0.25, 0.3) is 0 Å². The molecule has 1 aromatic rings. The normalized spacial score (nSPS) is 29.2. The van der Waals surface area contributed by atoms with Crippen molar-refractivity contribution in [2.24, 2.45) is 22.6 Å². The second-order valence-electron chi connectivity index (χ2n) is 7.12. The lowest BCUT2D eigenvalue weighted by atomic mass is 9.71. The van der Waals surface area contributed by atoms with Gasteiger partial charge in [-0.1, -0.05) is 44.9 Å².